The minimum atomic E-state index is 0.600. The summed E-state index contributed by atoms with van der Waals surface area (Å²) in [5.74, 6) is 0.600. The van der Waals surface area contributed by atoms with Gasteiger partial charge in [-0.3, -0.25) is 4.90 Å². The molecule has 0 saturated carbocycles. The van der Waals surface area contributed by atoms with Crippen molar-refractivity contribution in [1.29, 1.82) is 0 Å². The first-order valence-corrected chi connectivity index (χ1v) is 6.96. The molecule has 1 aromatic rings. The van der Waals surface area contributed by atoms with Crippen LogP contribution < -0.4 is 10.6 Å². The number of pyridine rings is 1. The average molecular weight is 246 g/mol. The number of rotatable bonds is 2. The van der Waals surface area contributed by atoms with Gasteiger partial charge in [0.1, 0.15) is 5.82 Å². The molecule has 2 saturated heterocycles. The molecular weight excluding hydrogens is 224 g/mol. The molecule has 1 aromatic heterocycles. The maximum atomic E-state index is 5.63. The molecule has 98 valence electrons. The maximum Gasteiger partial charge on any atom is 0.123 e. The van der Waals surface area contributed by atoms with Gasteiger partial charge >= 0.3 is 0 Å². The van der Waals surface area contributed by atoms with Crippen LogP contribution in [0.3, 0.4) is 0 Å². The Hall–Kier alpha value is -1.29. The van der Waals surface area contributed by atoms with Gasteiger partial charge in [-0.05, 0) is 44.9 Å². The number of likely N-dealkylation sites (tertiary alicyclic amines) is 1. The lowest BCUT2D eigenvalue weighted by Gasteiger charge is -2.28. The van der Waals surface area contributed by atoms with Crippen molar-refractivity contribution in [3.8, 4) is 0 Å². The zero-order valence-corrected chi connectivity index (χ0v) is 11.0. The molecule has 2 N–H and O–H groups in total. The number of nitrogen functional groups attached to an aromatic ring is 1. The van der Waals surface area contributed by atoms with Crippen molar-refractivity contribution in [3.05, 3.63) is 18.3 Å². The van der Waals surface area contributed by atoms with Gasteiger partial charge < -0.3 is 10.6 Å². The SMILES string of the molecule is C[C@H]1CCCN1[C@H]1CCN(c2ccc(N)nc2)C1. The highest BCUT2D eigenvalue weighted by molar-refractivity contribution is 5.49. The third-order valence-electron chi connectivity index (χ3n) is 4.37. The monoisotopic (exact) mass is 246 g/mol. The van der Waals surface area contributed by atoms with Crippen molar-refractivity contribution in [3.63, 3.8) is 0 Å². The van der Waals surface area contributed by atoms with Gasteiger partial charge in [-0.2, -0.15) is 0 Å². The highest BCUT2D eigenvalue weighted by atomic mass is 15.3. The Morgan fingerprint density at radius 1 is 1.28 bits per heavy atom. The molecule has 0 aromatic carbocycles. The van der Waals surface area contributed by atoms with Crippen molar-refractivity contribution in [2.45, 2.75) is 38.3 Å². The highest BCUT2D eigenvalue weighted by Crippen LogP contribution is 2.27. The van der Waals surface area contributed by atoms with Gasteiger partial charge in [0.2, 0.25) is 0 Å². The lowest BCUT2D eigenvalue weighted by atomic mass is 10.2. The second kappa shape index (κ2) is 4.76. The molecule has 0 amide bonds. The van der Waals surface area contributed by atoms with Crippen LogP contribution >= 0.6 is 0 Å². The van der Waals surface area contributed by atoms with E-state index in [0.29, 0.717) is 5.82 Å². The van der Waals surface area contributed by atoms with E-state index in [9.17, 15) is 0 Å². The third kappa shape index (κ3) is 2.17. The quantitative estimate of drug-likeness (QED) is 0.863. The number of hydrogen-bond acceptors (Lipinski definition) is 4. The average Bonchev–Trinajstić information content (AvgIpc) is 2.98. The molecule has 0 aliphatic carbocycles. The number of hydrogen-bond donors (Lipinski definition) is 1. The van der Waals surface area contributed by atoms with Crippen LogP contribution in [0.15, 0.2) is 18.3 Å². The van der Waals surface area contributed by atoms with Crippen LogP contribution in [0, 0.1) is 0 Å². The van der Waals surface area contributed by atoms with E-state index in [1.165, 1.54) is 31.5 Å². The molecule has 3 rings (SSSR count). The van der Waals surface area contributed by atoms with Gasteiger partial charge in [0.25, 0.3) is 0 Å². The predicted octanol–water partition coefficient (Wildman–Crippen LogP) is 1.73. The van der Waals surface area contributed by atoms with Gasteiger partial charge in [0, 0.05) is 25.2 Å². The van der Waals surface area contributed by atoms with Crippen molar-refractivity contribution in [2.24, 2.45) is 0 Å². The van der Waals surface area contributed by atoms with Crippen molar-refractivity contribution < 1.29 is 0 Å². The van der Waals surface area contributed by atoms with Crippen molar-refractivity contribution in [1.82, 2.24) is 9.88 Å². The van der Waals surface area contributed by atoms with Crippen LogP contribution in [0.25, 0.3) is 0 Å². The number of aromatic nitrogens is 1. The summed E-state index contributed by atoms with van der Waals surface area (Å²) >= 11 is 0. The second-order valence-electron chi connectivity index (χ2n) is 5.56. The van der Waals surface area contributed by atoms with Gasteiger partial charge in [-0.15, -0.1) is 0 Å². The molecule has 2 aliphatic rings. The van der Waals surface area contributed by atoms with E-state index in [2.05, 4.69) is 27.8 Å². The van der Waals surface area contributed by atoms with E-state index < -0.39 is 0 Å². The Labute approximate surface area is 109 Å². The predicted molar refractivity (Wildman–Crippen MR) is 74.7 cm³/mol. The van der Waals surface area contributed by atoms with Crippen LogP contribution in [0.4, 0.5) is 11.5 Å². The molecule has 0 radical (unpaired) electrons. The fourth-order valence-electron chi connectivity index (χ4n) is 3.33. The number of anilines is 2. The summed E-state index contributed by atoms with van der Waals surface area (Å²) in [5.41, 5.74) is 6.84. The molecular formula is C14H22N4. The Kier molecular flexibility index (Phi) is 3.12. The lowest BCUT2D eigenvalue weighted by Crippen LogP contribution is -2.39. The Morgan fingerprint density at radius 3 is 2.83 bits per heavy atom. The fourth-order valence-corrected chi connectivity index (χ4v) is 3.33. The van der Waals surface area contributed by atoms with Crippen LogP contribution in [0.1, 0.15) is 26.2 Å². The van der Waals surface area contributed by atoms with E-state index in [1.807, 2.05) is 12.3 Å². The van der Waals surface area contributed by atoms with Gasteiger partial charge in [0.15, 0.2) is 0 Å². The maximum absolute atomic E-state index is 5.63. The largest absolute Gasteiger partial charge is 0.384 e. The van der Waals surface area contributed by atoms with Crippen LogP contribution in [-0.4, -0.2) is 41.6 Å². The summed E-state index contributed by atoms with van der Waals surface area (Å²) in [6.45, 7) is 5.91. The molecule has 0 bridgehead atoms. The zero-order chi connectivity index (χ0) is 12.5. The molecule has 4 heteroatoms. The molecule has 2 fully saturated rings. The summed E-state index contributed by atoms with van der Waals surface area (Å²) in [6, 6.07) is 5.46. The Bertz CT molecular complexity index is 403. The molecule has 3 heterocycles. The Balaban J connectivity index is 1.66. The lowest BCUT2D eigenvalue weighted by molar-refractivity contribution is 0.204. The van der Waals surface area contributed by atoms with Gasteiger partial charge in [-0.25, -0.2) is 4.98 Å². The van der Waals surface area contributed by atoms with E-state index in [4.69, 9.17) is 5.73 Å². The van der Waals surface area contributed by atoms with Gasteiger partial charge in [0.05, 0.1) is 11.9 Å². The smallest absolute Gasteiger partial charge is 0.123 e. The molecule has 0 unspecified atom stereocenters. The second-order valence-corrected chi connectivity index (χ2v) is 5.56. The van der Waals surface area contributed by atoms with E-state index >= 15 is 0 Å². The Morgan fingerprint density at radius 2 is 2.17 bits per heavy atom. The summed E-state index contributed by atoms with van der Waals surface area (Å²) < 4.78 is 0. The van der Waals surface area contributed by atoms with E-state index in [1.54, 1.807) is 0 Å². The number of nitrogens with two attached hydrogens (primary N) is 1. The standard InChI is InChI=1S/C14H22N4/c1-11-3-2-7-18(11)13-6-8-17(10-13)12-4-5-14(15)16-9-12/h4-5,9,11,13H,2-3,6-8,10H2,1H3,(H2,15,16)/t11-,13-/m0/s1. The highest BCUT2D eigenvalue weighted by Gasteiger charge is 2.32. The third-order valence-corrected chi connectivity index (χ3v) is 4.37. The molecule has 4 nitrogen and oxygen atoms in total. The zero-order valence-electron chi connectivity index (χ0n) is 11.0. The normalized spacial score (nSPS) is 29.1. The van der Waals surface area contributed by atoms with Crippen molar-refractivity contribution >= 4 is 11.5 Å². The topological polar surface area (TPSA) is 45.4 Å². The van der Waals surface area contributed by atoms with Crippen molar-refractivity contribution in [2.75, 3.05) is 30.3 Å². The van der Waals surface area contributed by atoms with E-state index in [-0.39, 0.29) is 0 Å². The molecule has 2 aliphatic heterocycles. The molecule has 0 spiro atoms. The van der Waals surface area contributed by atoms with E-state index in [0.717, 1.165) is 25.2 Å². The first-order chi connectivity index (χ1) is 8.74. The van der Waals surface area contributed by atoms with Gasteiger partial charge in [-0.1, -0.05) is 0 Å². The first kappa shape index (κ1) is 11.8. The molecule has 18 heavy (non-hydrogen) atoms. The van der Waals surface area contributed by atoms with Crippen LogP contribution in [-0.2, 0) is 0 Å². The number of nitrogens with zero attached hydrogens (tertiary/aromatic N) is 3. The van der Waals surface area contributed by atoms with Crippen LogP contribution in [0.2, 0.25) is 0 Å². The minimum absolute atomic E-state index is 0.600. The minimum Gasteiger partial charge on any atom is -0.384 e. The fraction of sp³-hybridized carbons (Fsp3) is 0.643. The summed E-state index contributed by atoms with van der Waals surface area (Å²) in [7, 11) is 0. The summed E-state index contributed by atoms with van der Waals surface area (Å²) in [6.07, 6.45) is 5.89. The van der Waals surface area contributed by atoms with Crippen LogP contribution in [0.5, 0.6) is 0 Å². The summed E-state index contributed by atoms with van der Waals surface area (Å²) in [5, 5.41) is 0. The molecule has 2 atom stereocenters. The summed E-state index contributed by atoms with van der Waals surface area (Å²) in [4.78, 5) is 9.30. The first-order valence-electron chi connectivity index (χ1n) is 6.96.